The monoisotopic (exact) mass is 447 g/mol. The van der Waals surface area contributed by atoms with Gasteiger partial charge >= 0.3 is 0 Å². The molecule has 3 rings (SSSR count). The van der Waals surface area contributed by atoms with Crippen molar-refractivity contribution >= 4 is 32.6 Å². The summed E-state index contributed by atoms with van der Waals surface area (Å²) in [5.74, 6) is -0.886. The first-order chi connectivity index (χ1) is 14.7. The molecule has 0 bridgehead atoms. The van der Waals surface area contributed by atoms with Crippen LogP contribution in [0.15, 0.2) is 42.5 Å². The largest absolute Gasteiger partial charge is 0.373 e. The molecule has 0 spiro atoms. The van der Waals surface area contributed by atoms with E-state index in [4.69, 9.17) is 4.74 Å². The topological polar surface area (TPSA) is 105 Å². The molecule has 0 radical (unpaired) electrons. The first-order valence-corrected chi connectivity index (χ1v) is 12.0. The van der Waals surface area contributed by atoms with Crippen molar-refractivity contribution < 1.29 is 22.7 Å². The Bertz CT molecular complexity index is 1030. The number of hydrogen-bond acceptors (Lipinski definition) is 5. The van der Waals surface area contributed by atoms with Crippen molar-refractivity contribution in [1.82, 2.24) is 14.9 Å². The quantitative estimate of drug-likeness (QED) is 0.630. The summed E-state index contributed by atoms with van der Waals surface area (Å²) >= 11 is 0. The van der Waals surface area contributed by atoms with Gasteiger partial charge in [0.05, 0.1) is 30.9 Å². The number of nitrogens with one attached hydrogen (secondary N) is 2. The van der Waals surface area contributed by atoms with Crippen molar-refractivity contribution in [3.8, 4) is 0 Å². The summed E-state index contributed by atoms with van der Waals surface area (Å²) < 4.78 is 31.9. The third kappa shape index (κ3) is 6.49. The number of amides is 2. The molecule has 31 heavy (non-hydrogen) atoms. The number of carbonyl (C=O) groups excluding carboxylic acids is 2. The van der Waals surface area contributed by atoms with E-state index in [0.29, 0.717) is 13.1 Å². The maximum atomic E-state index is 12.5. The minimum absolute atomic E-state index is 0.0134. The number of benzene rings is 2. The van der Waals surface area contributed by atoms with Crippen LogP contribution >= 0.6 is 0 Å². The van der Waals surface area contributed by atoms with Gasteiger partial charge in [0, 0.05) is 19.6 Å². The minimum atomic E-state index is -3.49. The van der Waals surface area contributed by atoms with Gasteiger partial charge in [-0.25, -0.2) is 8.42 Å². The molecule has 8 nitrogen and oxygen atoms in total. The molecular formula is C22H29N3O5S. The average molecular weight is 448 g/mol. The molecule has 0 aromatic heterocycles. The van der Waals surface area contributed by atoms with Gasteiger partial charge in [-0.3, -0.25) is 9.59 Å². The van der Waals surface area contributed by atoms with Crippen LogP contribution in [0.3, 0.4) is 0 Å². The van der Waals surface area contributed by atoms with E-state index in [1.54, 1.807) is 0 Å². The van der Waals surface area contributed by atoms with E-state index in [1.165, 1.54) is 4.31 Å². The van der Waals surface area contributed by atoms with Crippen molar-refractivity contribution in [2.24, 2.45) is 0 Å². The number of carbonyl (C=O) groups is 2. The van der Waals surface area contributed by atoms with Crippen LogP contribution in [0.4, 0.5) is 0 Å². The molecule has 1 heterocycles. The van der Waals surface area contributed by atoms with Gasteiger partial charge in [0.15, 0.2) is 0 Å². The molecule has 2 N–H and O–H groups in total. The molecule has 1 aliphatic heterocycles. The molecule has 9 heteroatoms. The highest BCUT2D eigenvalue weighted by atomic mass is 32.2. The highest BCUT2D eigenvalue weighted by Gasteiger charge is 2.30. The summed E-state index contributed by atoms with van der Waals surface area (Å²) in [5, 5.41) is 7.20. The highest BCUT2D eigenvalue weighted by Crippen LogP contribution is 2.18. The van der Waals surface area contributed by atoms with Crippen molar-refractivity contribution in [2.75, 3.05) is 31.9 Å². The average Bonchev–Trinajstić information content (AvgIpc) is 2.72. The SMILES string of the molecule is CC1CN(S(=O)(=O)CCNC(=O)CNC(=O)Cc2cccc3ccccc23)CC(C)O1. The first kappa shape index (κ1) is 23.2. The molecule has 2 aromatic carbocycles. The van der Waals surface area contributed by atoms with E-state index >= 15 is 0 Å². The fourth-order valence-electron chi connectivity index (χ4n) is 3.73. The number of sulfonamides is 1. The van der Waals surface area contributed by atoms with Gasteiger partial charge in [-0.15, -0.1) is 0 Å². The maximum Gasteiger partial charge on any atom is 0.239 e. The Morgan fingerprint density at radius 2 is 1.68 bits per heavy atom. The van der Waals surface area contributed by atoms with Crippen LogP contribution in [0.2, 0.25) is 0 Å². The van der Waals surface area contributed by atoms with E-state index in [-0.39, 0.29) is 43.4 Å². The molecule has 1 saturated heterocycles. The van der Waals surface area contributed by atoms with E-state index in [2.05, 4.69) is 10.6 Å². The lowest BCUT2D eigenvalue weighted by Gasteiger charge is -2.34. The number of nitrogens with zero attached hydrogens (tertiary/aromatic N) is 1. The lowest BCUT2D eigenvalue weighted by atomic mass is 10.0. The molecule has 2 amide bonds. The summed E-state index contributed by atoms with van der Waals surface area (Å²) in [7, 11) is -3.49. The van der Waals surface area contributed by atoms with Crippen molar-refractivity contribution in [3.05, 3.63) is 48.0 Å². The fourth-order valence-corrected chi connectivity index (χ4v) is 5.22. The Balaban J connectivity index is 1.42. The third-order valence-electron chi connectivity index (χ3n) is 5.14. The highest BCUT2D eigenvalue weighted by molar-refractivity contribution is 7.89. The van der Waals surface area contributed by atoms with Crippen LogP contribution in [0.1, 0.15) is 19.4 Å². The first-order valence-electron chi connectivity index (χ1n) is 10.4. The Morgan fingerprint density at radius 1 is 1.00 bits per heavy atom. The second-order valence-electron chi connectivity index (χ2n) is 7.83. The summed E-state index contributed by atoms with van der Waals surface area (Å²) in [6, 6.07) is 13.6. The van der Waals surface area contributed by atoms with Crippen molar-refractivity contribution in [3.63, 3.8) is 0 Å². The zero-order valence-electron chi connectivity index (χ0n) is 17.8. The second kappa shape index (κ2) is 10.2. The predicted molar refractivity (Wildman–Crippen MR) is 119 cm³/mol. The Morgan fingerprint density at radius 3 is 2.42 bits per heavy atom. The van der Waals surface area contributed by atoms with E-state index in [0.717, 1.165) is 16.3 Å². The van der Waals surface area contributed by atoms with Gasteiger partial charge in [-0.2, -0.15) is 4.31 Å². The molecule has 2 aromatic rings. The lowest BCUT2D eigenvalue weighted by Crippen LogP contribution is -2.50. The molecule has 1 fully saturated rings. The Kier molecular flexibility index (Phi) is 7.64. The number of fused-ring (bicyclic) bond motifs is 1. The molecular weight excluding hydrogens is 418 g/mol. The lowest BCUT2D eigenvalue weighted by molar-refractivity contribution is -0.125. The molecule has 1 aliphatic rings. The van der Waals surface area contributed by atoms with Gasteiger partial charge in [0.25, 0.3) is 0 Å². The van der Waals surface area contributed by atoms with Crippen LogP contribution in [0.5, 0.6) is 0 Å². The van der Waals surface area contributed by atoms with Gasteiger partial charge in [-0.05, 0) is 30.2 Å². The van der Waals surface area contributed by atoms with Gasteiger partial charge < -0.3 is 15.4 Å². The van der Waals surface area contributed by atoms with E-state index in [1.807, 2.05) is 56.3 Å². The number of rotatable bonds is 8. The standard InChI is InChI=1S/C22H29N3O5S/c1-16-14-25(15-17(2)30-16)31(28,29)11-10-23-22(27)13-24-21(26)12-19-8-5-7-18-6-3-4-9-20(18)19/h3-9,16-17H,10-15H2,1-2H3,(H,23,27)(H,24,26). The zero-order chi connectivity index (χ0) is 22.4. The predicted octanol–water partition coefficient (Wildman–Crippen LogP) is 1.05. The van der Waals surface area contributed by atoms with Gasteiger partial charge in [0.2, 0.25) is 21.8 Å². The summed E-state index contributed by atoms with van der Waals surface area (Å²) in [6.45, 7) is 4.08. The Labute approximate surface area is 183 Å². The second-order valence-corrected chi connectivity index (χ2v) is 9.92. The van der Waals surface area contributed by atoms with Crippen LogP contribution in [-0.4, -0.2) is 68.7 Å². The molecule has 0 saturated carbocycles. The molecule has 168 valence electrons. The maximum absolute atomic E-state index is 12.5. The van der Waals surface area contributed by atoms with E-state index in [9.17, 15) is 18.0 Å². The number of ether oxygens (including phenoxy) is 1. The van der Waals surface area contributed by atoms with Crippen LogP contribution in [-0.2, 0) is 30.8 Å². The molecule has 0 aliphatic carbocycles. The van der Waals surface area contributed by atoms with Crippen molar-refractivity contribution in [2.45, 2.75) is 32.5 Å². The Hall–Kier alpha value is -2.49. The normalized spacial score (nSPS) is 19.8. The van der Waals surface area contributed by atoms with Crippen molar-refractivity contribution in [1.29, 1.82) is 0 Å². The summed E-state index contributed by atoms with van der Waals surface area (Å²) in [4.78, 5) is 24.3. The number of morpholine rings is 1. The minimum Gasteiger partial charge on any atom is -0.373 e. The summed E-state index contributed by atoms with van der Waals surface area (Å²) in [5.41, 5.74) is 0.885. The number of hydrogen-bond donors (Lipinski definition) is 2. The molecule has 2 atom stereocenters. The van der Waals surface area contributed by atoms with Crippen LogP contribution in [0.25, 0.3) is 10.8 Å². The van der Waals surface area contributed by atoms with Gasteiger partial charge in [-0.1, -0.05) is 42.5 Å². The van der Waals surface area contributed by atoms with Crippen LogP contribution < -0.4 is 10.6 Å². The van der Waals surface area contributed by atoms with E-state index < -0.39 is 15.9 Å². The molecule has 2 unspecified atom stereocenters. The summed E-state index contributed by atoms with van der Waals surface area (Å²) in [6.07, 6.45) is -0.161. The van der Waals surface area contributed by atoms with Gasteiger partial charge in [0.1, 0.15) is 0 Å². The zero-order valence-corrected chi connectivity index (χ0v) is 18.7. The fraction of sp³-hybridized carbons (Fsp3) is 0.455. The smallest absolute Gasteiger partial charge is 0.239 e. The van der Waals surface area contributed by atoms with Crippen LogP contribution in [0, 0.1) is 0 Å². The third-order valence-corrected chi connectivity index (χ3v) is 6.94.